The highest BCUT2D eigenvalue weighted by molar-refractivity contribution is 6.34. The molecule has 0 spiro atoms. The molecule has 5 nitrogen and oxygen atoms in total. The summed E-state index contributed by atoms with van der Waals surface area (Å²) in [6.45, 7) is 0. The Morgan fingerprint density at radius 3 is 2.14 bits per heavy atom. The van der Waals surface area contributed by atoms with Crippen molar-refractivity contribution in [1.82, 2.24) is 0 Å². The number of fused-ring (bicyclic) bond motifs is 1. The molecule has 0 aromatic heterocycles. The summed E-state index contributed by atoms with van der Waals surface area (Å²) in [5, 5.41) is 0. The molecule has 1 aliphatic rings. The van der Waals surface area contributed by atoms with Crippen molar-refractivity contribution in [2.24, 2.45) is 0 Å². The largest absolute Gasteiger partial charge is 0.457 e. The maximum absolute atomic E-state index is 13.0. The predicted molar refractivity (Wildman–Crippen MR) is 100.0 cm³/mol. The van der Waals surface area contributed by atoms with Crippen LogP contribution in [0.5, 0.6) is 11.5 Å². The van der Waals surface area contributed by atoms with Gasteiger partial charge in [0.25, 0.3) is 11.8 Å². The quantitative estimate of drug-likeness (QED) is 0.504. The standard InChI is InChI=1S/C21H13F3N2O3/c22-21(23,24)12-2-1-3-14(10-12)26-19(27)17-9-8-16(11-18(17)20(26)28)29-15-6-4-13(25)5-7-15/h1-11H,25H2. The zero-order valence-electron chi connectivity index (χ0n) is 14.7. The number of nitrogens with zero attached hydrogens (tertiary/aromatic N) is 1. The third-order valence-corrected chi connectivity index (χ3v) is 4.41. The number of carbonyl (C=O) groups is 2. The molecule has 29 heavy (non-hydrogen) atoms. The Labute approximate surface area is 163 Å². The summed E-state index contributed by atoms with van der Waals surface area (Å²) >= 11 is 0. The molecular formula is C21H13F3N2O3. The molecule has 0 saturated carbocycles. The van der Waals surface area contributed by atoms with Crippen molar-refractivity contribution in [3.63, 3.8) is 0 Å². The average Bonchev–Trinajstić information content (AvgIpc) is 2.93. The van der Waals surface area contributed by atoms with Gasteiger partial charge in [-0.1, -0.05) is 6.07 Å². The highest BCUT2D eigenvalue weighted by atomic mass is 19.4. The van der Waals surface area contributed by atoms with Crippen LogP contribution in [-0.2, 0) is 6.18 Å². The number of hydrogen-bond donors (Lipinski definition) is 1. The van der Waals surface area contributed by atoms with E-state index in [9.17, 15) is 22.8 Å². The van der Waals surface area contributed by atoms with Gasteiger partial charge in [0.05, 0.1) is 22.4 Å². The van der Waals surface area contributed by atoms with Crippen LogP contribution in [-0.4, -0.2) is 11.8 Å². The Balaban J connectivity index is 1.66. The molecular weight excluding hydrogens is 385 g/mol. The first-order chi connectivity index (χ1) is 13.7. The van der Waals surface area contributed by atoms with Crippen molar-refractivity contribution in [3.05, 3.63) is 83.4 Å². The van der Waals surface area contributed by atoms with E-state index in [0.717, 1.165) is 23.1 Å². The molecule has 0 aliphatic carbocycles. The number of benzene rings is 3. The van der Waals surface area contributed by atoms with Gasteiger partial charge in [0.2, 0.25) is 0 Å². The van der Waals surface area contributed by atoms with Gasteiger partial charge in [0.1, 0.15) is 11.5 Å². The first-order valence-electron chi connectivity index (χ1n) is 8.47. The van der Waals surface area contributed by atoms with Gasteiger partial charge in [-0.05, 0) is 60.7 Å². The smallest absolute Gasteiger partial charge is 0.416 e. The van der Waals surface area contributed by atoms with Gasteiger partial charge in [-0.15, -0.1) is 0 Å². The maximum atomic E-state index is 13.0. The van der Waals surface area contributed by atoms with Gasteiger partial charge >= 0.3 is 6.18 Å². The first-order valence-corrected chi connectivity index (χ1v) is 8.47. The minimum Gasteiger partial charge on any atom is -0.457 e. The Bertz CT molecular complexity index is 1120. The summed E-state index contributed by atoms with van der Waals surface area (Å²) in [6.07, 6.45) is -4.59. The molecule has 8 heteroatoms. The Hall–Kier alpha value is -3.81. The Morgan fingerprint density at radius 2 is 1.45 bits per heavy atom. The van der Waals surface area contributed by atoms with E-state index in [-0.39, 0.29) is 16.8 Å². The molecule has 1 heterocycles. The molecule has 1 aliphatic heterocycles. The topological polar surface area (TPSA) is 72.6 Å². The zero-order chi connectivity index (χ0) is 20.8. The molecule has 0 radical (unpaired) electrons. The SMILES string of the molecule is Nc1ccc(Oc2ccc3c(c2)C(=O)N(c2cccc(C(F)(F)F)c2)C3=O)cc1. The van der Waals surface area contributed by atoms with Crippen molar-refractivity contribution in [2.75, 3.05) is 10.6 Å². The van der Waals surface area contributed by atoms with Gasteiger partial charge in [0.15, 0.2) is 0 Å². The number of rotatable bonds is 3. The van der Waals surface area contributed by atoms with Gasteiger partial charge in [-0.3, -0.25) is 9.59 Å². The van der Waals surface area contributed by atoms with Gasteiger partial charge in [0, 0.05) is 5.69 Å². The number of halogens is 3. The summed E-state index contributed by atoms with van der Waals surface area (Å²) in [5.41, 5.74) is 5.24. The van der Waals surface area contributed by atoms with E-state index in [1.165, 1.54) is 24.3 Å². The van der Waals surface area contributed by atoms with Crippen LogP contribution >= 0.6 is 0 Å². The van der Waals surface area contributed by atoms with E-state index in [1.54, 1.807) is 24.3 Å². The van der Waals surface area contributed by atoms with Crippen LogP contribution in [0.3, 0.4) is 0 Å². The fraction of sp³-hybridized carbons (Fsp3) is 0.0476. The average molecular weight is 398 g/mol. The highest BCUT2D eigenvalue weighted by Gasteiger charge is 2.38. The molecule has 3 aromatic rings. The molecule has 2 N–H and O–H groups in total. The van der Waals surface area contributed by atoms with Crippen LogP contribution in [0.2, 0.25) is 0 Å². The van der Waals surface area contributed by atoms with Crippen LogP contribution < -0.4 is 15.4 Å². The van der Waals surface area contributed by atoms with Gasteiger partial charge in [-0.25, -0.2) is 4.90 Å². The monoisotopic (exact) mass is 398 g/mol. The number of carbonyl (C=O) groups excluding carboxylic acids is 2. The Kier molecular flexibility index (Phi) is 4.26. The van der Waals surface area contributed by atoms with Crippen LogP contribution in [0.1, 0.15) is 26.3 Å². The number of nitrogens with two attached hydrogens (primary N) is 1. The lowest BCUT2D eigenvalue weighted by molar-refractivity contribution is -0.137. The molecule has 146 valence electrons. The first kappa shape index (κ1) is 18.5. The number of anilines is 2. The minimum absolute atomic E-state index is 0.0559. The fourth-order valence-electron chi connectivity index (χ4n) is 3.01. The molecule has 2 amide bonds. The highest BCUT2D eigenvalue weighted by Crippen LogP contribution is 2.35. The van der Waals surface area contributed by atoms with Gasteiger partial charge < -0.3 is 10.5 Å². The van der Waals surface area contributed by atoms with Gasteiger partial charge in [-0.2, -0.15) is 13.2 Å². The molecule has 4 rings (SSSR count). The van der Waals surface area contributed by atoms with E-state index < -0.39 is 23.6 Å². The van der Waals surface area contributed by atoms with Crippen molar-refractivity contribution >= 4 is 23.2 Å². The van der Waals surface area contributed by atoms with Crippen molar-refractivity contribution < 1.29 is 27.5 Å². The minimum atomic E-state index is -4.59. The predicted octanol–water partition coefficient (Wildman–Crippen LogP) is 4.88. The third-order valence-electron chi connectivity index (χ3n) is 4.41. The number of amides is 2. The van der Waals surface area contributed by atoms with Crippen LogP contribution in [0, 0.1) is 0 Å². The van der Waals surface area contributed by atoms with E-state index in [2.05, 4.69) is 0 Å². The van der Waals surface area contributed by atoms with E-state index in [4.69, 9.17) is 10.5 Å². The molecule has 0 fully saturated rings. The lowest BCUT2D eigenvalue weighted by atomic mass is 10.1. The van der Waals surface area contributed by atoms with Crippen LogP contribution in [0.15, 0.2) is 66.7 Å². The van der Waals surface area contributed by atoms with Crippen LogP contribution in [0.25, 0.3) is 0 Å². The maximum Gasteiger partial charge on any atom is 0.416 e. The molecule has 0 bridgehead atoms. The van der Waals surface area contributed by atoms with Crippen molar-refractivity contribution in [2.45, 2.75) is 6.18 Å². The lowest BCUT2D eigenvalue weighted by Gasteiger charge is -2.16. The Morgan fingerprint density at radius 1 is 0.793 bits per heavy atom. The summed E-state index contributed by atoms with van der Waals surface area (Å²) in [5.74, 6) is -0.623. The second-order valence-electron chi connectivity index (χ2n) is 6.37. The van der Waals surface area contributed by atoms with Crippen LogP contribution in [0.4, 0.5) is 24.5 Å². The number of alkyl halides is 3. The lowest BCUT2D eigenvalue weighted by Crippen LogP contribution is -2.29. The van der Waals surface area contributed by atoms with Crippen molar-refractivity contribution in [1.29, 1.82) is 0 Å². The summed E-state index contributed by atoms with van der Waals surface area (Å²) in [4.78, 5) is 26.1. The third kappa shape index (κ3) is 3.40. The zero-order valence-corrected chi connectivity index (χ0v) is 14.7. The molecule has 0 saturated heterocycles. The molecule has 3 aromatic carbocycles. The van der Waals surface area contributed by atoms with E-state index in [1.807, 2.05) is 0 Å². The second kappa shape index (κ2) is 6.66. The summed E-state index contributed by atoms with van der Waals surface area (Å²) in [6, 6.07) is 15.0. The van der Waals surface area contributed by atoms with E-state index >= 15 is 0 Å². The summed E-state index contributed by atoms with van der Waals surface area (Å²) < 4.78 is 44.6. The second-order valence-corrected chi connectivity index (χ2v) is 6.37. The van der Waals surface area contributed by atoms with Crippen molar-refractivity contribution in [3.8, 4) is 11.5 Å². The number of hydrogen-bond acceptors (Lipinski definition) is 4. The summed E-state index contributed by atoms with van der Waals surface area (Å²) in [7, 11) is 0. The number of nitrogen functional groups attached to an aromatic ring is 1. The molecule has 0 atom stereocenters. The van der Waals surface area contributed by atoms with E-state index in [0.29, 0.717) is 17.2 Å². The molecule has 0 unspecified atom stereocenters. The fourth-order valence-corrected chi connectivity index (χ4v) is 3.01. The normalized spacial score (nSPS) is 13.6. The number of imide groups is 1. The number of ether oxygens (including phenoxy) is 1.